The van der Waals surface area contributed by atoms with Crippen molar-refractivity contribution < 1.29 is 51.4 Å². The Bertz CT molecular complexity index is 239. The topological polar surface area (TPSA) is 80.9 Å². The molecule has 1 aromatic rings. The molecular formula is C6H7NaO4. The minimum atomic E-state index is -0.708. The van der Waals surface area contributed by atoms with Gasteiger partial charge in [-0.05, 0) is 12.1 Å². The zero-order valence-corrected chi connectivity index (χ0v) is 7.94. The van der Waals surface area contributed by atoms with Crippen LogP contribution in [0.15, 0.2) is 12.1 Å². The molecule has 4 N–H and O–H groups in total. The largest absolute Gasteiger partial charge is 1.00 e. The van der Waals surface area contributed by atoms with Crippen LogP contribution in [0, 0.1) is 0 Å². The average Bonchev–Trinajstić information content (AvgIpc) is 1.93. The number of phenolic OH excluding ortho intramolecular Hbond substituents is 4. The van der Waals surface area contributed by atoms with Gasteiger partial charge in [0.2, 0.25) is 11.5 Å². The molecule has 11 heavy (non-hydrogen) atoms. The Kier molecular flexibility index (Phi) is 3.51. The number of hydrogen-bond donors (Lipinski definition) is 4. The second kappa shape index (κ2) is 3.71. The molecule has 0 aromatic heterocycles. The molecular weight excluding hydrogens is 159 g/mol. The van der Waals surface area contributed by atoms with Crippen LogP contribution in [0.4, 0.5) is 0 Å². The Labute approximate surface area is 86.5 Å². The maximum Gasteiger partial charge on any atom is 1.00 e. The number of benzene rings is 1. The van der Waals surface area contributed by atoms with Crippen LogP contribution < -0.4 is 29.6 Å². The predicted molar refractivity (Wildman–Crippen MR) is 34.2 cm³/mol. The van der Waals surface area contributed by atoms with E-state index in [1.165, 1.54) is 0 Å². The third-order valence-electron chi connectivity index (χ3n) is 1.11. The Morgan fingerprint density at radius 1 is 0.818 bits per heavy atom. The van der Waals surface area contributed by atoms with E-state index < -0.39 is 23.0 Å². The first-order valence-corrected chi connectivity index (χ1v) is 2.56. The van der Waals surface area contributed by atoms with Crippen molar-refractivity contribution in [3.63, 3.8) is 0 Å². The first kappa shape index (κ1) is 10.4. The van der Waals surface area contributed by atoms with E-state index in [9.17, 15) is 0 Å². The Balaban J connectivity index is 0. The fourth-order valence-corrected chi connectivity index (χ4v) is 0.558. The molecule has 56 valence electrons. The monoisotopic (exact) mass is 166 g/mol. The van der Waals surface area contributed by atoms with Gasteiger partial charge in [-0.1, -0.05) is 0 Å². The van der Waals surface area contributed by atoms with E-state index in [2.05, 4.69) is 0 Å². The molecule has 1 aromatic carbocycles. The van der Waals surface area contributed by atoms with Gasteiger partial charge in [0.1, 0.15) is 0 Å². The molecule has 0 amide bonds. The summed E-state index contributed by atoms with van der Waals surface area (Å²) in [5.41, 5.74) is 0. The summed E-state index contributed by atoms with van der Waals surface area (Å²) in [5, 5.41) is 34.9. The molecule has 0 bridgehead atoms. The van der Waals surface area contributed by atoms with E-state index in [1.54, 1.807) is 0 Å². The molecule has 0 aliphatic rings. The van der Waals surface area contributed by atoms with Crippen LogP contribution in [0.1, 0.15) is 1.43 Å². The van der Waals surface area contributed by atoms with Gasteiger partial charge in [-0.15, -0.1) is 0 Å². The zero-order chi connectivity index (χ0) is 7.72. The minimum absolute atomic E-state index is 0. The van der Waals surface area contributed by atoms with Crippen molar-refractivity contribution >= 4 is 0 Å². The van der Waals surface area contributed by atoms with E-state index in [-0.39, 0.29) is 31.0 Å². The third kappa shape index (κ3) is 1.92. The van der Waals surface area contributed by atoms with Gasteiger partial charge in [0, 0.05) is 0 Å². The molecule has 0 aliphatic carbocycles. The van der Waals surface area contributed by atoms with Crippen molar-refractivity contribution in [2.45, 2.75) is 0 Å². The Morgan fingerprint density at radius 2 is 1.09 bits per heavy atom. The Morgan fingerprint density at radius 3 is 1.36 bits per heavy atom. The van der Waals surface area contributed by atoms with E-state index in [1.807, 2.05) is 0 Å². The van der Waals surface area contributed by atoms with E-state index in [0.717, 1.165) is 12.1 Å². The van der Waals surface area contributed by atoms with Gasteiger partial charge in [0.05, 0.1) is 0 Å². The second-order valence-electron chi connectivity index (χ2n) is 1.80. The molecule has 0 saturated carbocycles. The van der Waals surface area contributed by atoms with Gasteiger partial charge in [-0.25, -0.2) is 0 Å². The molecule has 0 heterocycles. The minimum Gasteiger partial charge on any atom is -1.00 e. The summed E-state index contributed by atoms with van der Waals surface area (Å²) in [7, 11) is 0. The molecule has 0 spiro atoms. The molecule has 0 saturated heterocycles. The van der Waals surface area contributed by atoms with Gasteiger partial charge in [-0.3, -0.25) is 0 Å². The fraction of sp³-hybridized carbons (Fsp3) is 0. The van der Waals surface area contributed by atoms with Crippen LogP contribution in [0.2, 0.25) is 0 Å². The standard InChI is InChI=1S/C6H6O4.Na.H/c7-3-1-2-4(8)6(10)5(3)9;;/h1-2,7-10H;;/q;+1;-1. The van der Waals surface area contributed by atoms with Crippen LogP contribution in [0.25, 0.3) is 0 Å². The summed E-state index contributed by atoms with van der Waals surface area (Å²) in [6.07, 6.45) is 0. The van der Waals surface area contributed by atoms with Crippen molar-refractivity contribution in [3.8, 4) is 23.0 Å². The van der Waals surface area contributed by atoms with E-state index in [4.69, 9.17) is 20.4 Å². The smallest absolute Gasteiger partial charge is 1.00 e. The summed E-state index contributed by atoms with van der Waals surface area (Å²) < 4.78 is 0. The molecule has 0 atom stereocenters. The van der Waals surface area contributed by atoms with Gasteiger partial charge in [-0.2, -0.15) is 0 Å². The van der Waals surface area contributed by atoms with Crippen LogP contribution in [-0.4, -0.2) is 20.4 Å². The van der Waals surface area contributed by atoms with Gasteiger partial charge < -0.3 is 21.9 Å². The maximum absolute atomic E-state index is 8.73. The third-order valence-corrected chi connectivity index (χ3v) is 1.11. The molecule has 0 unspecified atom stereocenters. The SMILES string of the molecule is Oc1ccc(O)c(O)c1O.[H-].[Na+]. The summed E-state index contributed by atoms with van der Waals surface area (Å²) in [6, 6.07) is 2.15. The first-order chi connectivity index (χ1) is 4.63. The van der Waals surface area contributed by atoms with E-state index in [0.29, 0.717) is 0 Å². The number of rotatable bonds is 0. The van der Waals surface area contributed by atoms with Crippen LogP contribution >= 0.6 is 0 Å². The average molecular weight is 166 g/mol. The molecule has 1 rings (SSSR count). The van der Waals surface area contributed by atoms with Crippen molar-refractivity contribution in [2.24, 2.45) is 0 Å². The van der Waals surface area contributed by atoms with Gasteiger partial charge in [0.15, 0.2) is 11.5 Å². The van der Waals surface area contributed by atoms with E-state index >= 15 is 0 Å². The summed E-state index contributed by atoms with van der Waals surface area (Å²) in [4.78, 5) is 0. The number of phenols is 4. The molecule has 0 aliphatic heterocycles. The zero-order valence-electron chi connectivity index (χ0n) is 6.94. The second-order valence-corrected chi connectivity index (χ2v) is 1.80. The summed E-state index contributed by atoms with van der Waals surface area (Å²) >= 11 is 0. The van der Waals surface area contributed by atoms with Crippen LogP contribution in [0.3, 0.4) is 0 Å². The fourth-order valence-electron chi connectivity index (χ4n) is 0.558. The summed E-state index contributed by atoms with van der Waals surface area (Å²) in [6.45, 7) is 0. The van der Waals surface area contributed by atoms with Crippen LogP contribution in [-0.2, 0) is 0 Å². The first-order valence-electron chi connectivity index (χ1n) is 2.56. The quantitative estimate of drug-likeness (QED) is 0.197. The van der Waals surface area contributed by atoms with Crippen molar-refractivity contribution in [1.29, 1.82) is 0 Å². The van der Waals surface area contributed by atoms with Crippen molar-refractivity contribution in [1.82, 2.24) is 0 Å². The molecule has 0 radical (unpaired) electrons. The van der Waals surface area contributed by atoms with Gasteiger partial charge in [0.25, 0.3) is 0 Å². The van der Waals surface area contributed by atoms with Crippen molar-refractivity contribution in [2.75, 3.05) is 0 Å². The molecule has 0 fully saturated rings. The number of hydrogen-bond acceptors (Lipinski definition) is 4. The van der Waals surface area contributed by atoms with Crippen LogP contribution in [0.5, 0.6) is 23.0 Å². The number of aromatic hydroxyl groups is 4. The molecule has 4 nitrogen and oxygen atoms in total. The summed E-state index contributed by atoms with van der Waals surface area (Å²) in [5.74, 6) is -2.34. The molecule has 5 heteroatoms. The van der Waals surface area contributed by atoms with Gasteiger partial charge >= 0.3 is 29.6 Å². The maximum atomic E-state index is 8.73. The normalized spacial score (nSPS) is 8.73. The van der Waals surface area contributed by atoms with Crippen molar-refractivity contribution in [3.05, 3.63) is 12.1 Å². The predicted octanol–water partition coefficient (Wildman–Crippen LogP) is -2.37. The Hall–Kier alpha value is -0.580.